The molecule has 1 N–H and O–H groups in total. The smallest absolute Gasteiger partial charge is 0.410 e. The lowest BCUT2D eigenvalue weighted by molar-refractivity contribution is -0.0892. The van der Waals surface area contributed by atoms with E-state index in [0.717, 1.165) is 19.3 Å². The first-order valence-corrected chi connectivity index (χ1v) is 7.55. The van der Waals surface area contributed by atoms with E-state index in [1.165, 1.54) is 0 Å². The Balaban J connectivity index is 2.46. The molecule has 118 valence electrons. The summed E-state index contributed by atoms with van der Waals surface area (Å²) in [5, 5.41) is 8.83. The number of likely N-dealkylation sites (tertiary alicyclic amines) is 1. The Morgan fingerprint density at radius 2 is 1.90 bits per heavy atom. The molecule has 0 unspecified atom stereocenters. The highest BCUT2D eigenvalue weighted by atomic mass is 16.6. The molecule has 20 heavy (non-hydrogen) atoms. The van der Waals surface area contributed by atoms with Crippen LogP contribution in [0.1, 0.15) is 53.4 Å². The van der Waals surface area contributed by atoms with Crippen LogP contribution >= 0.6 is 0 Å². The molecular weight excluding hydrogens is 258 g/mol. The Labute approximate surface area is 122 Å². The summed E-state index contributed by atoms with van der Waals surface area (Å²) in [6, 6.07) is 0. The molecule has 1 rings (SSSR count). The zero-order chi connectivity index (χ0) is 15.2. The Morgan fingerprint density at radius 3 is 2.35 bits per heavy atom. The van der Waals surface area contributed by atoms with Gasteiger partial charge in [0.05, 0.1) is 5.60 Å². The molecule has 0 atom stereocenters. The molecule has 0 aromatic carbocycles. The molecule has 0 spiro atoms. The van der Waals surface area contributed by atoms with Crippen LogP contribution in [0.4, 0.5) is 4.79 Å². The average molecular weight is 287 g/mol. The summed E-state index contributed by atoms with van der Waals surface area (Å²) in [6.45, 7) is 9.82. The zero-order valence-electron chi connectivity index (χ0n) is 13.3. The lowest BCUT2D eigenvalue weighted by Crippen LogP contribution is -2.49. The number of hydrogen-bond donors (Lipinski definition) is 1. The van der Waals surface area contributed by atoms with E-state index in [1.54, 1.807) is 4.90 Å². The third kappa shape index (κ3) is 5.29. The highest BCUT2D eigenvalue weighted by molar-refractivity contribution is 5.68. The van der Waals surface area contributed by atoms with E-state index < -0.39 is 5.60 Å². The van der Waals surface area contributed by atoms with Gasteiger partial charge in [0.1, 0.15) is 5.60 Å². The Hall–Kier alpha value is -0.810. The molecule has 0 radical (unpaired) electrons. The minimum atomic E-state index is -0.450. The summed E-state index contributed by atoms with van der Waals surface area (Å²) >= 11 is 0. The van der Waals surface area contributed by atoms with Crippen molar-refractivity contribution in [2.24, 2.45) is 0 Å². The quantitative estimate of drug-likeness (QED) is 0.790. The highest BCUT2D eigenvalue weighted by Crippen LogP contribution is 2.30. The predicted octanol–water partition coefficient (Wildman–Crippen LogP) is 2.57. The highest BCUT2D eigenvalue weighted by Gasteiger charge is 2.36. The third-order valence-electron chi connectivity index (χ3n) is 3.68. The molecule has 1 heterocycles. The van der Waals surface area contributed by atoms with Gasteiger partial charge >= 0.3 is 6.09 Å². The number of aliphatic hydroxyl groups excluding tert-OH is 1. The largest absolute Gasteiger partial charge is 0.444 e. The van der Waals surface area contributed by atoms with Gasteiger partial charge in [0.15, 0.2) is 0 Å². The number of hydrogen-bond acceptors (Lipinski definition) is 4. The predicted molar refractivity (Wildman–Crippen MR) is 77.7 cm³/mol. The summed E-state index contributed by atoms with van der Waals surface area (Å²) in [7, 11) is 0. The number of ether oxygens (including phenoxy) is 2. The first-order chi connectivity index (χ1) is 9.32. The van der Waals surface area contributed by atoms with Crippen LogP contribution in [-0.2, 0) is 9.47 Å². The molecule has 5 nitrogen and oxygen atoms in total. The molecular formula is C15H29NO4. The third-order valence-corrected chi connectivity index (χ3v) is 3.68. The normalized spacial score (nSPS) is 18.9. The number of aliphatic hydroxyl groups is 1. The van der Waals surface area contributed by atoms with Crippen LogP contribution in [0.2, 0.25) is 0 Å². The second kappa shape index (κ2) is 7.27. The van der Waals surface area contributed by atoms with E-state index in [0.29, 0.717) is 26.1 Å². The monoisotopic (exact) mass is 287 g/mol. The maximum atomic E-state index is 12.0. The van der Waals surface area contributed by atoms with E-state index in [9.17, 15) is 4.79 Å². The van der Waals surface area contributed by atoms with Gasteiger partial charge in [-0.2, -0.15) is 0 Å². The molecule has 0 bridgehead atoms. The van der Waals surface area contributed by atoms with Gasteiger partial charge in [0.2, 0.25) is 0 Å². The minimum absolute atomic E-state index is 0.145. The van der Waals surface area contributed by atoms with E-state index in [2.05, 4.69) is 6.92 Å². The summed E-state index contributed by atoms with van der Waals surface area (Å²) < 4.78 is 11.3. The molecule has 1 amide bonds. The number of amides is 1. The Kier molecular flexibility index (Phi) is 6.27. The Morgan fingerprint density at radius 1 is 1.30 bits per heavy atom. The molecule has 0 aliphatic carbocycles. The summed E-state index contributed by atoms with van der Waals surface area (Å²) in [4.78, 5) is 13.8. The number of rotatable bonds is 5. The molecule has 1 fully saturated rings. The summed E-state index contributed by atoms with van der Waals surface area (Å²) in [5.41, 5.74) is -0.596. The van der Waals surface area contributed by atoms with Crippen molar-refractivity contribution in [2.45, 2.75) is 64.6 Å². The summed E-state index contributed by atoms with van der Waals surface area (Å²) in [6.07, 6.45) is 3.01. The van der Waals surface area contributed by atoms with Crippen molar-refractivity contribution < 1.29 is 19.4 Å². The van der Waals surface area contributed by atoms with Crippen LogP contribution in [0, 0.1) is 0 Å². The number of nitrogens with zero attached hydrogens (tertiary/aromatic N) is 1. The minimum Gasteiger partial charge on any atom is -0.444 e. The first-order valence-electron chi connectivity index (χ1n) is 7.55. The fourth-order valence-corrected chi connectivity index (χ4v) is 2.38. The second-order valence-corrected chi connectivity index (χ2v) is 6.43. The van der Waals surface area contributed by atoms with Crippen LogP contribution in [0.3, 0.4) is 0 Å². The SMILES string of the molecule is CCC1(OCCCO)CCN(C(=O)OC(C)(C)C)CC1. The van der Waals surface area contributed by atoms with E-state index in [4.69, 9.17) is 14.6 Å². The first kappa shape index (κ1) is 17.2. The van der Waals surface area contributed by atoms with Gasteiger partial charge in [-0.25, -0.2) is 4.79 Å². The molecule has 0 aromatic rings. The molecule has 1 saturated heterocycles. The van der Waals surface area contributed by atoms with Crippen molar-refractivity contribution in [1.82, 2.24) is 4.90 Å². The van der Waals surface area contributed by atoms with Crippen LogP contribution < -0.4 is 0 Å². The molecule has 1 aliphatic rings. The second-order valence-electron chi connectivity index (χ2n) is 6.43. The van der Waals surface area contributed by atoms with Gasteiger partial charge in [-0.15, -0.1) is 0 Å². The van der Waals surface area contributed by atoms with Crippen molar-refractivity contribution in [3.05, 3.63) is 0 Å². The molecule has 0 saturated carbocycles. The number of carbonyl (C=O) groups excluding carboxylic acids is 1. The van der Waals surface area contributed by atoms with Crippen molar-refractivity contribution in [3.8, 4) is 0 Å². The van der Waals surface area contributed by atoms with Gasteiger partial charge in [0, 0.05) is 26.3 Å². The number of carbonyl (C=O) groups is 1. The fraction of sp³-hybridized carbons (Fsp3) is 0.933. The molecule has 5 heteroatoms. The maximum Gasteiger partial charge on any atom is 0.410 e. The van der Waals surface area contributed by atoms with Crippen molar-refractivity contribution in [1.29, 1.82) is 0 Å². The van der Waals surface area contributed by atoms with Gasteiger partial charge in [-0.1, -0.05) is 6.92 Å². The van der Waals surface area contributed by atoms with E-state index >= 15 is 0 Å². The lowest BCUT2D eigenvalue weighted by atomic mass is 9.88. The maximum absolute atomic E-state index is 12.0. The van der Waals surface area contributed by atoms with E-state index in [-0.39, 0.29) is 18.3 Å². The van der Waals surface area contributed by atoms with Crippen molar-refractivity contribution in [2.75, 3.05) is 26.3 Å². The van der Waals surface area contributed by atoms with Crippen molar-refractivity contribution >= 4 is 6.09 Å². The fourth-order valence-electron chi connectivity index (χ4n) is 2.38. The topological polar surface area (TPSA) is 59.0 Å². The van der Waals surface area contributed by atoms with Crippen LogP contribution in [0.5, 0.6) is 0 Å². The zero-order valence-corrected chi connectivity index (χ0v) is 13.3. The van der Waals surface area contributed by atoms with Crippen LogP contribution in [0.15, 0.2) is 0 Å². The average Bonchev–Trinajstić information content (AvgIpc) is 2.38. The molecule has 0 aromatic heterocycles. The van der Waals surface area contributed by atoms with Gasteiger partial charge < -0.3 is 19.5 Å². The van der Waals surface area contributed by atoms with Gasteiger partial charge in [0.25, 0.3) is 0 Å². The number of piperidine rings is 1. The molecule has 1 aliphatic heterocycles. The van der Waals surface area contributed by atoms with Crippen LogP contribution in [-0.4, -0.2) is 53.6 Å². The summed E-state index contributed by atoms with van der Waals surface area (Å²) in [5.74, 6) is 0. The van der Waals surface area contributed by atoms with Crippen molar-refractivity contribution in [3.63, 3.8) is 0 Å². The van der Waals surface area contributed by atoms with Gasteiger partial charge in [-0.05, 0) is 46.5 Å². The van der Waals surface area contributed by atoms with Gasteiger partial charge in [-0.3, -0.25) is 0 Å². The standard InChI is InChI=1S/C15H29NO4/c1-5-15(19-12-6-11-17)7-9-16(10-8-15)13(18)20-14(2,3)4/h17H,5-12H2,1-4H3. The lowest BCUT2D eigenvalue weighted by Gasteiger charge is -2.41. The Bertz CT molecular complexity index is 303. The van der Waals surface area contributed by atoms with E-state index in [1.807, 2.05) is 20.8 Å². The van der Waals surface area contributed by atoms with Crippen LogP contribution in [0.25, 0.3) is 0 Å².